The molecule has 0 aliphatic heterocycles. The normalized spacial score (nSPS) is 12.2. The van der Waals surface area contributed by atoms with E-state index in [9.17, 15) is 23.1 Å². The fraction of sp³-hybridized carbons (Fsp3) is 0.194. The number of H-pyrrole nitrogens is 1. The van der Waals surface area contributed by atoms with Crippen molar-refractivity contribution in [2.45, 2.75) is 38.3 Å². The summed E-state index contributed by atoms with van der Waals surface area (Å²) in [6.45, 7) is 3.06. The first-order valence-electron chi connectivity index (χ1n) is 14.9. The van der Waals surface area contributed by atoms with Crippen molar-refractivity contribution in [1.82, 2.24) is 25.1 Å². The minimum absolute atomic E-state index is 0.0600. The number of benzene rings is 3. The number of nitrogens with two attached hydrogens (primary N) is 1. The van der Waals surface area contributed by atoms with Crippen LogP contribution >= 0.6 is 11.6 Å². The lowest BCUT2D eigenvalue weighted by atomic mass is 9.93. The van der Waals surface area contributed by atoms with Gasteiger partial charge >= 0.3 is 0 Å². The standard InChI is InChI=1S/C36H30ClF3N6O2/c1-36(2,48)11-10-24-5-6-25(26-7-8-28(37)32-34(26)46(3)45-35(32)41)33(43-24)30(14-19-12-22(39)16-23(40)13-19)44-31(47)15-20-18-42-29-9-4-21(38)17-27(20)29/h4-9,12-13,16-18,30,42,48H,14-15H2,1-3H3,(H2,41,45)(H,44,47). The Labute approximate surface area is 278 Å². The fourth-order valence-corrected chi connectivity index (χ4v) is 6.03. The number of aryl methyl sites for hydroxylation is 1. The molecule has 0 saturated carbocycles. The summed E-state index contributed by atoms with van der Waals surface area (Å²) in [5.41, 5.74) is 8.75. The van der Waals surface area contributed by atoms with Gasteiger partial charge in [0.25, 0.3) is 0 Å². The van der Waals surface area contributed by atoms with E-state index in [1.807, 2.05) is 0 Å². The van der Waals surface area contributed by atoms with Crippen LogP contribution in [0, 0.1) is 29.3 Å². The minimum Gasteiger partial charge on any atom is -0.382 e. The molecule has 12 heteroatoms. The minimum atomic E-state index is -1.32. The molecule has 0 radical (unpaired) electrons. The van der Waals surface area contributed by atoms with Crippen LogP contribution in [0.3, 0.4) is 0 Å². The number of hydrogen-bond donors (Lipinski definition) is 4. The number of anilines is 1. The van der Waals surface area contributed by atoms with Gasteiger partial charge < -0.3 is 21.1 Å². The number of halogens is 4. The average Bonchev–Trinajstić information content (AvgIpc) is 3.54. The fourth-order valence-electron chi connectivity index (χ4n) is 5.78. The molecule has 6 aromatic rings. The number of amides is 1. The molecule has 48 heavy (non-hydrogen) atoms. The third-order valence-electron chi connectivity index (χ3n) is 7.78. The zero-order valence-corrected chi connectivity index (χ0v) is 26.9. The van der Waals surface area contributed by atoms with Crippen molar-refractivity contribution in [2.24, 2.45) is 7.05 Å². The van der Waals surface area contributed by atoms with Crippen LogP contribution in [0.4, 0.5) is 19.0 Å². The first-order valence-corrected chi connectivity index (χ1v) is 15.3. The molecule has 8 nitrogen and oxygen atoms in total. The van der Waals surface area contributed by atoms with Crippen LogP contribution in [0.25, 0.3) is 32.9 Å². The second-order valence-electron chi connectivity index (χ2n) is 12.0. The van der Waals surface area contributed by atoms with Gasteiger partial charge in [-0.2, -0.15) is 5.10 Å². The Balaban J connectivity index is 1.51. The van der Waals surface area contributed by atoms with Crippen LogP contribution in [0.15, 0.2) is 66.9 Å². The van der Waals surface area contributed by atoms with Crippen molar-refractivity contribution in [3.8, 4) is 23.0 Å². The van der Waals surface area contributed by atoms with Crippen molar-refractivity contribution in [3.05, 3.63) is 112 Å². The lowest BCUT2D eigenvalue weighted by Crippen LogP contribution is -2.32. The Hall–Kier alpha value is -5.31. The van der Waals surface area contributed by atoms with Gasteiger partial charge in [-0.1, -0.05) is 23.6 Å². The molecule has 0 spiro atoms. The van der Waals surface area contributed by atoms with Crippen LogP contribution in [-0.2, 0) is 24.7 Å². The molecule has 5 N–H and O–H groups in total. The van der Waals surface area contributed by atoms with Crippen molar-refractivity contribution in [2.75, 3.05) is 5.73 Å². The number of fused-ring (bicyclic) bond motifs is 2. The van der Waals surface area contributed by atoms with Crippen LogP contribution in [-0.4, -0.2) is 36.4 Å². The third kappa shape index (κ3) is 6.86. The Kier molecular flexibility index (Phi) is 8.64. The number of carbonyl (C=O) groups excluding carboxylic acids is 1. The highest BCUT2D eigenvalue weighted by Crippen LogP contribution is 2.39. The average molecular weight is 671 g/mol. The summed E-state index contributed by atoms with van der Waals surface area (Å²) in [7, 11) is 1.72. The number of hydrogen-bond acceptors (Lipinski definition) is 5. The second kappa shape index (κ2) is 12.7. The Morgan fingerprint density at radius 2 is 1.79 bits per heavy atom. The molecule has 0 fully saturated rings. The number of rotatable bonds is 7. The van der Waals surface area contributed by atoms with E-state index >= 15 is 0 Å². The SMILES string of the molecule is Cn1nc(N)c2c(Cl)ccc(-c3ccc(C#CC(C)(C)O)nc3C(Cc3cc(F)cc(F)c3)NC(=O)Cc3c[nH]c4ccc(F)cc34)c21. The van der Waals surface area contributed by atoms with Crippen LogP contribution in [0.2, 0.25) is 5.02 Å². The van der Waals surface area contributed by atoms with E-state index < -0.39 is 35.0 Å². The zero-order valence-electron chi connectivity index (χ0n) is 26.1. The Morgan fingerprint density at radius 3 is 2.52 bits per heavy atom. The zero-order chi connectivity index (χ0) is 34.3. The van der Waals surface area contributed by atoms with Gasteiger partial charge in [-0.25, -0.2) is 18.2 Å². The molecule has 244 valence electrons. The summed E-state index contributed by atoms with van der Waals surface area (Å²) >= 11 is 6.53. The van der Waals surface area contributed by atoms with Crippen LogP contribution in [0.1, 0.15) is 42.4 Å². The topological polar surface area (TPSA) is 122 Å². The van der Waals surface area contributed by atoms with Gasteiger partial charge in [0.1, 0.15) is 28.7 Å². The molecular weight excluding hydrogens is 641 g/mol. The summed E-state index contributed by atoms with van der Waals surface area (Å²) in [6, 6.07) is 13.3. The summed E-state index contributed by atoms with van der Waals surface area (Å²) in [5.74, 6) is 3.38. The summed E-state index contributed by atoms with van der Waals surface area (Å²) < 4.78 is 44.5. The Morgan fingerprint density at radius 1 is 1.06 bits per heavy atom. The second-order valence-corrected chi connectivity index (χ2v) is 12.5. The van der Waals surface area contributed by atoms with Crippen molar-refractivity contribution in [3.63, 3.8) is 0 Å². The van der Waals surface area contributed by atoms with E-state index in [0.717, 1.165) is 6.07 Å². The maximum atomic E-state index is 14.4. The van der Waals surface area contributed by atoms with E-state index in [2.05, 4.69) is 27.2 Å². The van der Waals surface area contributed by atoms with E-state index in [4.69, 9.17) is 22.3 Å². The van der Waals surface area contributed by atoms with Crippen molar-refractivity contribution >= 4 is 45.1 Å². The highest BCUT2D eigenvalue weighted by atomic mass is 35.5. The van der Waals surface area contributed by atoms with Crippen molar-refractivity contribution in [1.29, 1.82) is 0 Å². The quantitative estimate of drug-likeness (QED) is 0.144. The number of carbonyl (C=O) groups is 1. The largest absolute Gasteiger partial charge is 0.382 e. The van der Waals surface area contributed by atoms with Gasteiger partial charge in [-0.3, -0.25) is 9.48 Å². The molecule has 0 aliphatic carbocycles. The lowest BCUT2D eigenvalue weighted by Gasteiger charge is -2.22. The van der Waals surface area contributed by atoms with Gasteiger partial charge in [0.15, 0.2) is 5.82 Å². The number of nitrogens with one attached hydrogen (secondary N) is 2. The first-order chi connectivity index (χ1) is 22.8. The van der Waals surface area contributed by atoms with Gasteiger partial charge in [-0.15, -0.1) is 0 Å². The number of nitrogen functional groups attached to an aromatic ring is 1. The first kappa shape index (κ1) is 32.6. The molecule has 0 saturated heterocycles. The van der Waals surface area contributed by atoms with E-state index in [1.165, 1.54) is 38.1 Å². The Bertz CT molecular complexity index is 2260. The van der Waals surface area contributed by atoms with Gasteiger partial charge in [0.2, 0.25) is 5.91 Å². The van der Waals surface area contributed by atoms with Crippen LogP contribution in [0.5, 0.6) is 0 Å². The highest BCUT2D eigenvalue weighted by molar-refractivity contribution is 6.37. The number of aromatic nitrogens is 4. The lowest BCUT2D eigenvalue weighted by molar-refractivity contribution is -0.121. The number of aromatic amines is 1. The summed E-state index contributed by atoms with van der Waals surface area (Å²) in [4.78, 5) is 21.6. The van der Waals surface area contributed by atoms with E-state index in [1.54, 1.807) is 48.3 Å². The predicted molar refractivity (Wildman–Crippen MR) is 179 cm³/mol. The smallest absolute Gasteiger partial charge is 0.225 e. The number of aliphatic hydroxyl groups is 1. The molecule has 3 aromatic heterocycles. The number of nitrogens with zero attached hydrogens (tertiary/aromatic N) is 3. The van der Waals surface area contributed by atoms with Crippen molar-refractivity contribution < 1.29 is 23.1 Å². The molecule has 3 aromatic carbocycles. The van der Waals surface area contributed by atoms with E-state index in [-0.39, 0.29) is 29.9 Å². The van der Waals surface area contributed by atoms with Gasteiger partial charge in [0.05, 0.1) is 34.1 Å². The molecule has 0 aliphatic rings. The molecule has 0 bridgehead atoms. The molecule has 6 rings (SSSR count). The summed E-state index contributed by atoms with van der Waals surface area (Å²) in [5, 5.41) is 19.1. The monoisotopic (exact) mass is 670 g/mol. The van der Waals surface area contributed by atoms with Gasteiger partial charge in [0, 0.05) is 41.3 Å². The third-order valence-corrected chi connectivity index (χ3v) is 8.10. The summed E-state index contributed by atoms with van der Waals surface area (Å²) in [6.07, 6.45) is 1.44. The molecule has 1 unspecified atom stereocenters. The highest BCUT2D eigenvalue weighted by Gasteiger charge is 2.25. The maximum absolute atomic E-state index is 14.4. The van der Waals surface area contributed by atoms with Crippen LogP contribution < -0.4 is 11.1 Å². The predicted octanol–water partition coefficient (Wildman–Crippen LogP) is 6.53. The number of pyridine rings is 1. The molecule has 3 heterocycles. The van der Waals surface area contributed by atoms with E-state index in [0.29, 0.717) is 49.2 Å². The molecular formula is C36H30ClF3N6O2. The molecule has 1 atom stereocenters. The molecule has 1 amide bonds. The van der Waals surface area contributed by atoms with Gasteiger partial charge in [-0.05, 0) is 85.8 Å². The maximum Gasteiger partial charge on any atom is 0.225 e.